The molecule has 0 spiro atoms. The van der Waals surface area contributed by atoms with Crippen LogP contribution in [0.25, 0.3) is 0 Å². The fourth-order valence-corrected chi connectivity index (χ4v) is 3.92. The van der Waals surface area contributed by atoms with Gasteiger partial charge >= 0.3 is 0 Å². The third kappa shape index (κ3) is 1.75. The van der Waals surface area contributed by atoms with E-state index in [0.717, 1.165) is 5.75 Å². The van der Waals surface area contributed by atoms with E-state index in [9.17, 15) is 0 Å². The van der Waals surface area contributed by atoms with Gasteiger partial charge in [0.05, 0.1) is 7.11 Å². The van der Waals surface area contributed by atoms with Gasteiger partial charge in [0, 0.05) is 0 Å². The van der Waals surface area contributed by atoms with Crippen molar-refractivity contribution in [1.82, 2.24) is 0 Å². The molecule has 1 aromatic rings. The van der Waals surface area contributed by atoms with Gasteiger partial charge in [0.25, 0.3) is 0 Å². The number of rotatable bonds is 2. The lowest BCUT2D eigenvalue weighted by atomic mass is 9.74. The van der Waals surface area contributed by atoms with Gasteiger partial charge in [-0.1, -0.05) is 34.6 Å². The number of hydrogen-bond donors (Lipinski definition) is 0. The Bertz CT molecular complexity index is 457. The summed E-state index contributed by atoms with van der Waals surface area (Å²) < 4.78 is 5.45. The normalized spacial score (nSPS) is 25.3. The molecule has 1 aliphatic carbocycles. The van der Waals surface area contributed by atoms with Gasteiger partial charge in [-0.2, -0.15) is 0 Å². The lowest BCUT2D eigenvalue weighted by Gasteiger charge is -2.30. The first-order chi connectivity index (χ1) is 8.30. The molecule has 2 rings (SSSR count). The predicted molar refractivity (Wildman–Crippen MR) is 77.5 cm³/mol. The van der Waals surface area contributed by atoms with Gasteiger partial charge in [-0.25, -0.2) is 0 Å². The van der Waals surface area contributed by atoms with Crippen LogP contribution in [0.4, 0.5) is 0 Å². The van der Waals surface area contributed by atoms with Crippen LogP contribution in [0.2, 0.25) is 0 Å². The summed E-state index contributed by atoms with van der Waals surface area (Å²) in [5.41, 5.74) is 4.71. The number of methoxy groups -OCH3 is 1. The highest BCUT2D eigenvalue weighted by Gasteiger charge is 2.45. The minimum absolute atomic E-state index is 0.265. The molecule has 100 valence electrons. The van der Waals surface area contributed by atoms with Crippen LogP contribution in [-0.4, -0.2) is 7.11 Å². The first-order valence-electron chi connectivity index (χ1n) is 6.99. The molecule has 0 fully saturated rings. The molecule has 1 nitrogen and oxygen atoms in total. The van der Waals surface area contributed by atoms with Gasteiger partial charge in [0.1, 0.15) is 5.75 Å². The molecule has 0 amide bonds. The average Bonchev–Trinajstić information content (AvgIpc) is 2.46. The second kappa shape index (κ2) is 4.29. The second-order valence-electron chi connectivity index (χ2n) is 6.69. The van der Waals surface area contributed by atoms with Crippen LogP contribution in [0.5, 0.6) is 5.75 Å². The predicted octanol–water partition coefficient (Wildman–Crippen LogP) is 4.67. The van der Waals surface area contributed by atoms with Gasteiger partial charge in [-0.15, -0.1) is 0 Å². The van der Waals surface area contributed by atoms with E-state index < -0.39 is 0 Å². The maximum atomic E-state index is 5.45. The summed E-state index contributed by atoms with van der Waals surface area (Å²) in [4.78, 5) is 0. The highest BCUT2D eigenvalue weighted by atomic mass is 16.5. The van der Waals surface area contributed by atoms with E-state index in [0.29, 0.717) is 17.8 Å². The largest absolute Gasteiger partial charge is 0.497 e. The van der Waals surface area contributed by atoms with Crippen molar-refractivity contribution in [1.29, 1.82) is 0 Å². The first kappa shape index (κ1) is 13.5. The van der Waals surface area contributed by atoms with Crippen molar-refractivity contribution < 1.29 is 4.74 Å². The number of ether oxygens (including phenoxy) is 1. The molecular weight excluding hydrogens is 220 g/mol. The Morgan fingerprint density at radius 1 is 1.22 bits per heavy atom. The highest BCUT2D eigenvalue weighted by Crippen LogP contribution is 2.54. The summed E-state index contributed by atoms with van der Waals surface area (Å²) >= 11 is 0. The maximum Gasteiger partial charge on any atom is 0.119 e. The van der Waals surface area contributed by atoms with E-state index in [1.54, 1.807) is 12.7 Å². The van der Waals surface area contributed by atoms with E-state index in [4.69, 9.17) is 4.74 Å². The number of hydrogen-bond acceptors (Lipinski definition) is 1. The third-order valence-electron chi connectivity index (χ3n) is 4.97. The highest BCUT2D eigenvalue weighted by molar-refractivity contribution is 5.51. The van der Waals surface area contributed by atoms with Crippen LogP contribution in [0, 0.1) is 18.8 Å². The quantitative estimate of drug-likeness (QED) is 0.736. The lowest BCUT2D eigenvalue weighted by molar-refractivity contribution is 0.285. The third-order valence-corrected chi connectivity index (χ3v) is 4.97. The molecule has 2 atom stereocenters. The Balaban J connectivity index is 2.68. The molecule has 1 aliphatic rings. The van der Waals surface area contributed by atoms with E-state index >= 15 is 0 Å². The molecule has 0 radical (unpaired) electrons. The van der Waals surface area contributed by atoms with Gasteiger partial charge in [0.2, 0.25) is 0 Å². The average molecular weight is 246 g/mol. The Hall–Kier alpha value is -0.980. The zero-order chi connectivity index (χ0) is 13.7. The molecule has 2 unspecified atom stereocenters. The number of benzene rings is 1. The fraction of sp³-hybridized carbons (Fsp3) is 0.647. The molecular formula is C17H26O. The van der Waals surface area contributed by atoms with Gasteiger partial charge in [-0.05, 0) is 58.9 Å². The standard InChI is InChI=1S/C17H26O/c1-10(2)15-12(4)17(5,6)16-11(3)8-13(18-7)9-14(15)16/h8-10,12,15H,1-7H3. The molecule has 0 bridgehead atoms. The molecule has 0 aliphatic heterocycles. The van der Waals surface area contributed by atoms with E-state index in [-0.39, 0.29) is 5.41 Å². The minimum Gasteiger partial charge on any atom is -0.497 e. The first-order valence-corrected chi connectivity index (χ1v) is 6.99. The van der Waals surface area contributed by atoms with Crippen molar-refractivity contribution in [3.8, 4) is 5.75 Å². The fourth-order valence-electron chi connectivity index (χ4n) is 3.92. The van der Waals surface area contributed by atoms with Crippen LogP contribution in [0.15, 0.2) is 12.1 Å². The zero-order valence-corrected chi connectivity index (χ0v) is 12.8. The molecule has 0 N–H and O–H groups in total. The Labute approximate surface area is 112 Å². The van der Waals surface area contributed by atoms with Crippen molar-refractivity contribution in [2.75, 3.05) is 7.11 Å². The van der Waals surface area contributed by atoms with Crippen molar-refractivity contribution in [3.05, 3.63) is 28.8 Å². The minimum atomic E-state index is 0.265. The van der Waals surface area contributed by atoms with Crippen LogP contribution in [0.1, 0.15) is 57.2 Å². The SMILES string of the molecule is COc1cc(C)c2c(c1)C(C(C)C)C(C)C2(C)C. The van der Waals surface area contributed by atoms with E-state index in [1.165, 1.54) is 11.1 Å². The Morgan fingerprint density at radius 3 is 2.33 bits per heavy atom. The Morgan fingerprint density at radius 2 is 1.83 bits per heavy atom. The molecule has 0 saturated heterocycles. The molecule has 18 heavy (non-hydrogen) atoms. The van der Waals surface area contributed by atoms with Crippen LogP contribution in [-0.2, 0) is 5.41 Å². The van der Waals surface area contributed by atoms with Crippen LogP contribution < -0.4 is 4.74 Å². The maximum absolute atomic E-state index is 5.45. The van der Waals surface area contributed by atoms with Gasteiger partial charge in [0.15, 0.2) is 0 Å². The molecule has 1 aromatic carbocycles. The van der Waals surface area contributed by atoms with Crippen LogP contribution >= 0.6 is 0 Å². The second-order valence-corrected chi connectivity index (χ2v) is 6.69. The monoisotopic (exact) mass is 246 g/mol. The van der Waals surface area contributed by atoms with Crippen molar-refractivity contribution >= 4 is 0 Å². The summed E-state index contributed by atoms with van der Waals surface area (Å²) in [7, 11) is 1.76. The zero-order valence-electron chi connectivity index (χ0n) is 12.8. The summed E-state index contributed by atoms with van der Waals surface area (Å²) in [6, 6.07) is 4.44. The van der Waals surface area contributed by atoms with Crippen molar-refractivity contribution in [2.24, 2.45) is 11.8 Å². The van der Waals surface area contributed by atoms with Crippen molar-refractivity contribution in [2.45, 2.75) is 52.9 Å². The lowest BCUT2D eigenvalue weighted by Crippen LogP contribution is -2.25. The van der Waals surface area contributed by atoms with Gasteiger partial charge in [-0.3, -0.25) is 0 Å². The molecule has 0 aromatic heterocycles. The summed E-state index contributed by atoms with van der Waals surface area (Å²) in [5.74, 6) is 3.00. The number of aryl methyl sites for hydroxylation is 1. The van der Waals surface area contributed by atoms with Crippen LogP contribution in [0.3, 0.4) is 0 Å². The topological polar surface area (TPSA) is 9.23 Å². The summed E-state index contributed by atoms with van der Waals surface area (Å²) in [6.45, 7) is 14.1. The summed E-state index contributed by atoms with van der Waals surface area (Å²) in [6.07, 6.45) is 0. The summed E-state index contributed by atoms with van der Waals surface area (Å²) in [5, 5.41) is 0. The van der Waals surface area contributed by atoms with Crippen molar-refractivity contribution in [3.63, 3.8) is 0 Å². The van der Waals surface area contributed by atoms with Gasteiger partial charge < -0.3 is 4.74 Å². The molecule has 0 heterocycles. The molecule has 0 saturated carbocycles. The Kier molecular flexibility index (Phi) is 3.21. The van der Waals surface area contributed by atoms with E-state index in [2.05, 4.69) is 53.7 Å². The number of fused-ring (bicyclic) bond motifs is 1. The molecule has 1 heteroatoms. The van der Waals surface area contributed by atoms with E-state index in [1.807, 2.05) is 0 Å². The smallest absolute Gasteiger partial charge is 0.119 e.